The number of nitrogens with zero attached hydrogens (tertiary/aromatic N) is 1. The van der Waals surface area contributed by atoms with Crippen molar-refractivity contribution >= 4 is 0 Å². The highest BCUT2D eigenvalue weighted by Gasteiger charge is 2.15. The SMILES string of the molecule is COCC(CNC(c1ccccc1)c1ccncc1)OC. The van der Waals surface area contributed by atoms with Crippen molar-refractivity contribution < 1.29 is 9.47 Å². The predicted octanol–water partition coefficient (Wildman–Crippen LogP) is 2.42. The zero-order valence-electron chi connectivity index (χ0n) is 12.5. The Morgan fingerprint density at radius 2 is 1.67 bits per heavy atom. The van der Waals surface area contributed by atoms with Gasteiger partial charge in [0.15, 0.2) is 0 Å². The van der Waals surface area contributed by atoms with Crippen molar-refractivity contribution in [3.63, 3.8) is 0 Å². The molecule has 0 saturated heterocycles. The second-order valence-electron chi connectivity index (χ2n) is 4.85. The molecule has 1 heterocycles. The van der Waals surface area contributed by atoms with E-state index in [0.717, 1.165) is 0 Å². The van der Waals surface area contributed by atoms with Gasteiger partial charge >= 0.3 is 0 Å². The molecular formula is C17H22N2O2. The minimum atomic E-state index is 0.0306. The fourth-order valence-corrected chi connectivity index (χ4v) is 2.28. The van der Waals surface area contributed by atoms with Crippen LogP contribution in [0.15, 0.2) is 54.9 Å². The Bertz CT molecular complexity index is 465. The topological polar surface area (TPSA) is 43.4 Å². The van der Waals surface area contributed by atoms with E-state index >= 15 is 0 Å². The summed E-state index contributed by atoms with van der Waals surface area (Å²) in [6, 6.07) is 14.5. The van der Waals surface area contributed by atoms with Gasteiger partial charge in [-0.1, -0.05) is 30.3 Å². The van der Waals surface area contributed by atoms with Gasteiger partial charge < -0.3 is 14.8 Å². The Hall–Kier alpha value is -1.75. The predicted molar refractivity (Wildman–Crippen MR) is 83.2 cm³/mol. The molecule has 0 spiro atoms. The molecule has 4 nitrogen and oxygen atoms in total. The van der Waals surface area contributed by atoms with Gasteiger partial charge in [-0.05, 0) is 23.3 Å². The zero-order valence-corrected chi connectivity index (χ0v) is 12.5. The van der Waals surface area contributed by atoms with Gasteiger partial charge in [-0.3, -0.25) is 4.98 Å². The number of benzene rings is 1. The van der Waals surface area contributed by atoms with Gasteiger partial charge in [0, 0.05) is 33.2 Å². The van der Waals surface area contributed by atoms with Crippen LogP contribution in [-0.2, 0) is 9.47 Å². The molecule has 1 aromatic heterocycles. The van der Waals surface area contributed by atoms with Crippen LogP contribution in [-0.4, -0.2) is 38.5 Å². The van der Waals surface area contributed by atoms with Crippen molar-refractivity contribution in [2.24, 2.45) is 0 Å². The molecule has 112 valence electrons. The molecule has 2 unspecified atom stereocenters. The van der Waals surface area contributed by atoms with Crippen LogP contribution in [0.3, 0.4) is 0 Å². The van der Waals surface area contributed by atoms with Crippen LogP contribution in [0.1, 0.15) is 17.2 Å². The summed E-state index contributed by atoms with van der Waals surface area (Å²) in [6.45, 7) is 1.29. The van der Waals surface area contributed by atoms with Gasteiger partial charge in [0.1, 0.15) is 0 Å². The zero-order chi connectivity index (χ0) is 14.9. The third-order valence-corrected chi connectivity index (χ3v) is 3.41. The summed E-state index contributed by atoms with van der Waals surface area (Å²) in [5, 5.41) is 3.56. The maximum absolute atomic E-state index is 5.41. The van der Waals surface area contributed by atoms with Gasteiger partial charge in [-0.2, -0.15) is 0 Å². The first-order valence-electron chi connectivity index (χ1n) is 7.05. The molecule has 0 aliphatic heterocycles. The van der Waals surface area contributed by atoms with E-state index < -0.39 is 0 Å². The first-order valence-corrected chi connectivity index (χ1v) is 7.05. The van der Waals surface area contributed by atoms with Crippen LogP contribution in [0.5, 0.6) is 0 Å². The second-order valence-corrected chi connectivity index (χ2v) is 4.85. The van der Waals surface area contributed by atoms with Crippen LogP contribution in [0.2, 0.25) is 0 Å². The largest absolute Gasteiger partial charge is 0.382 e. The first kappa shape index (κ1) is 15.6. The second kappa shape index (κ2) is 8.52. The lowest BCUT2D eigenvalue weighted by molar-refractivity contribution is 0.0279. The normalized spacial score (nSPS) is 13.8. The third-order valence-electron chi connectivity index (χ3n) is 3.41. The van der Waals surface area contributed by atoms with E-state index in [-0.39, 0.29) is 12.1 Å². The van der Waals surface area contributed by atoms with E-state index in [1.54, 1.807) is 14.2 Å². The van der Waals surface area contributed by atoms with Crippen LogP contribution in [0, 0.1) is 0 Å². The monoisotopic (exact) mass is 286 g/mol. The maximum atomic E-state index is 5.41. The lowest BCUT2D eigenvalue weighted by Crippen LogP contribution is -2.34. The van der Waals surface area contributed by atoms with E-state index in [9.17, 15) is 0 Å². The van der Waals surface area contributed by atoms with Crippen molar-refractivity contribution in [3.8, 4) is 0 Å². The van der Waals surface area contributed by atoms with Crippen molar-refractivity contribution in [1.82, 2.24) is 10.3 Å². The summed E-state index contributed by atoms with van der Waals surface area (Å²) in [7, 11) is 3.39. The number of methoxy groups -OCH3 is 2. The lowest BCUT2D eigenvalue weighted by Gasteiger charge is -2.23. The average molecular weight is 286 g/mol. The number of aromatic nitrogens is 1. The lowest BCUT2D eigenvalue weighted by atomic mass is 9.99. The molecule has 1 aromatic carbocycles. The van der Waals surface area contributed by atoms with Gasteiger partial charge in [-0.15, -0.1) is 0 Å². The van der Waals surface area contributed by atoms with E-state index in [1.165, 1.54) is 11.1 Å². The Labute approximate surface area is 126 Å². The highest BCUT2D eigenvalue weighted by molar-refractivity contribution is 5.30. The highest BCUT2D eigenvalue weighted by atomic mass is 16.5. The van der Waals surface area contributed by atoms with Gasteiger partial charge in [0.2, 0.25) is 0 Å². The van der Waals surface area contributed by atoms with Crippen molar-refractivity contribution in [2.75, 3.05) is 27.4 Å². The Kier molecular flexibility index (Phi) is 6.34. The Morgan fingerprint density at radius 1 is 1.00 bits per heavy atom. The summed E-state index contributed by atoms with van der Waals surface area (Å²) < 4.78 is 10.6. The minimum Gasteiger partial charge on any atom is -0.382 e. The maximum Gasteiger partial charge on any atom is 0.0928 e. The molecule has 4 heteroatoms. The van der Waals surface area contributed by atoms with Crippen molar-refractivity contribution in [3.05, 3.63) is 66.0 Å². The van der Waals surface area contributed by atoms with Gasteiger partial charge in [0.05, 0.1) is 18.8 Å². The molecule has 2 atom stereocenters. The number of ether oxygens (including phenoxy) is 2. The van der Waals surface area contributed by atoms with E-state index in [0.29, 0.717) is 13.2 Å². The number of pyridine rings is 1. The van der Waals surface area contributed by atoms with Gasteiger partial charge in [0.25, 0.3) is 0 Å². The number of rotatable bonds is 8. The first-order chi connectivity index (χ1) is 10.3. The summed E-state index contributed by atoms with van der Waals surface area (Å²) in [5.41, 5.74) is 2.40. The molecule has 0 amide bonds. The Balaban J connectivity index is 2.13. The van der Waals surface area contributed by atoms with Crippen LogP contribution in [0.4, 0.5) is 0 Å². The standard InChI is InChI=1S/C17H22N2O2/c1-20-13-16(21-2)12-19-17(14-6-4-3-5-7-14)15-8-10-18-11-9-15/h3-11,16-17,19H,12-13H2,1-2H3. The van der Waals surface area contributed by atoms with Crippen LogP contribution >= 0.6 is 0 Å². The molecule has 0 fully saturated rings. The number of hydrogen-bond donors (Lipinski definition) is 1. The fourth-order valence-electron chi connectivity index (χ4n) is 2.28. The summed E-state index contributed by atoms with van der Waals surface area (Å²) in [5.74, 6) is 0. The molecule has 0 bridgehead atoms. The molecule has 21 heavy (non-hydrogen) atoms. The number of nitrogens with one attached hydrogen (secondary N) is 1. The molecule has 1 N–H and O–H groups in total. The molecule has 2 rings (SSSR count). The summed E-state index contributed by atoms with van der Waals surface area (Å²) >= 11 is 0. The number of hydrogen-bond acceptors (Lipinski definition) is 4. The quantitative estimate of drug-likeness (QED) is 0.809. The molecule has 2 aromatic rings. The van der Waals surface area contributed by atoms with Crippen molar-refractivity contribution in [2.45, 2.75) is 12.1 Å². The van der Waals surface area contributed by atoms with E-state index in [4.69, 9.17) is 9.47 Å². The van der Waals surface area contributed by atoms with E-state index in [1.807, 2.05) is 42.7 Å². The minimum absolute atomic E-state index is 0.0306. The van der Waals surface area contributed by atoms with Crippen LogP contribution < -0.4 is 5.32 Å². The van der Waals surface area contributed by atoms with Crippen molar-refractivity contribution in [1.29, 1.82) is 0 Å². The van der Waals surface area contributed by atoms with E-state index in [2.05, 4.69) is 22.4 Å². The molecule has 0 aliphatic carbocycles. The third kappa shape index (κ3) is 4.63. The van der Waals surface area contributed by atoms with Gasteiger partial charge in [-0.25, -0.2) is 0 Å². The average Bonchev–Trinajstić information content (AvgIpc) is 2.56. The summed E-state index contributed by atoms with van der Waals surface area (Å²) in [6.07, 6.45) is 3.66. The summed E-state index contributed by atoms with van der Waals surface area (Å²) in [4.78, 5) is 4.09. The fraction of sp³-hybridized carbons (Fsp3) is 0.353. The highest BCUT2D eigenvalue weighted by Crippen LogP contribution is 2.21. The molecular weight excluding hydrogens is 264 g/mol. The van der Waals surface area contributed by atoms with Crippen LogP contribution in [0.25, 0.3) is 0 Å². The molecule has 0 aliphatic rings. The molecule has 0 radical (unpaired) electrons. The smallest absolute Gasteiger partial charge is 0.0928 e. The molecule has 0 saturated carbocycles. The Morgan fingerprint density at radius 3 is 2.29 bits per heavy atom.